The first-order valence-electron chi connectivity index (χ1n) is 3.69. The van der Waals surface area contributed by atoms with Crippen molar-refractivity contribution < 1.29 is 14.6 Å². The minimum Gasteiger partial charge on any atom is -0.481 e. The predicted molar refractivity (Wildman–Crippen MR) is 42.5 cm³/mol. The molecule has 3 heteroatoms. The number of carbonyl (C=O) groups is 1. The highest BCUT2D eigenvalue weighted by atomic mass is 16.5. The summed E-state index contributed by atoms with van der Waals surface area (Å²) >= 11 is 0. The molecule has 0 aromatic rings. The van der Waals surface area contributed by atoms with Gasteiger partial charge >= 0.3 is 5.97 Å². The second kappa shape index (κ2) is 3.72. The van der Waals surface area contributed by atoms with Crippen LogP contribution in [0.3, 0.4) is 0 Å². The van der Waals surface area contributed by atoms with Gasteiger partial charge in [-0.1, -0.05) is 13.8 Å². The average Bonchev–Trinajstić information content (AvgIpc) is 1.86. The fraction of sp³-hybridized carbons (Fsp3) is 0.875. The smallest absolute Gasteiger partial charge is 0.306 e. The normalized spacial score (nSPS) is 16.5. The van der Waals surface area contributed by atoms with Gasteiger partial charge in [0.15, 0.2) is 0 Å². The summed E-state index contributed by atoms with van der Waals surface area (Å²) in [4.78, 5) is 10.4. The Labute approximate surface area is 67.4 Å². The molecule has 0 rings (SSSR count). The van der Waals surface area contributed by atoms with Crippen molar-refractivity contribution in [1.29, 1.82) is 0 Å². The second-order valence-corrected chi connectivity index (χ2v) is 3.24. The summed E-state index contributed by atoms with van der Waals surface area (Å²) in [5, 5.41) is 8.55. The van der Waals surface area contributed by atoms with Crippen molar-refractivity contribution in [2.24, 2.45) is 5.92 Å². The molecule has 0 spiro atoms. The number of carboxylic acids is 1. The standard InChI is InChI=1S/C8H16O3/c1-6(2)8(3,11-4)5-7(9)10/h6H,5H2,1-4H3,(H,9,10). The Balaban J connectivity index is 4.22. The lowest BCUT2D eigenvalue weighted by Crippen LogP contribution is -2.36. The third-order valence-electron chi connectivity index (χ3n) is 2.19. The van der Waals surface area contributed by atoms with Crippen LogP contribution in [-0.4, -0.2) is 23.8 Å². The molecule has 3 nitrogen and oxygen atoms in total. The Morgan fingerprint density at radius 2 is 2.09 bits per heavy atom. The zero-order valence-electron chi connectivity index (χ0n) is 7.55. The maximum Gasteiger partial charge on any atom is 0.306 e. The fourth-order valence-corrected chi connectivity index (χ4v) is 0.812. The molecule has 0 aromatic heterocycles. The molecular weight excluding hydrogens is 144 g/mol. The quantitative estimate of drug-likeness (QED) is 0.678. The van der Waals surface area contributed by atoms with E-state index in [0.717, 1.165) is 0 Å². The molecule has 0 aliphatic rings. The van der Waals surface area contributed by atoms with Gasteiger partial charge in [-0.2, -0.15) is 0 Å². The number of methoxy groups -OCH3 is 1. The largest absolute Gasteiger partial charge is 0.481 e. The number of rotatable bonds is 4. The molecule has 0 saturated heterocycles. The molecule has 11 heavy (non-hydrogen) atoms. The van der Waals surface area contributed by atoms with E-state index in [1.54, 1.807) is 7.11 Å². The third kappa shape index (κ3) is 2.89. The maximum absolute atomic E-state index is 10.4. The molecule has 1 atom stereocenters. The van der Waals surface area contributed by atoms with Crippen molar-refractivity contribution in [3.05, 3.63) is 0 Å². The predicted octanol–water partition coefficient (Wildman–Crippen LogP) is 1.52. The van der Waals surface area contributed by atoms with E-state index in [2.05, 4.69) is 0 Å². The van der Waals surface area contributed by atoms with Gasteiger partial charge < -0.3 is 9.84 Å². The van der Waals surface area contributed by atoms with Gasteiger partial charge in [0.2, 0.25) is 0 Å². The molecule has 0 saturated carbocycles. The van der Waals surface area contributed by atoms with Crippen molar-refractivity contribution >= 4 is 5.97 Å². The monoisotopic (exact) mass is 160 g/mol. The summed E-state index contributed by atoms with van der Waals surface area (Å²) < 4.78 is 5.13. The minimum atomic E-state index is -0.817. The van der Waals surface area contributed by atoms with E-state index in [1.165, 1.54) is 0 Å². The molecule has 0 aliphatic carbocycles. The Morgan fingerprint density at radius 1 is 1.64 bits per heavy atom. The van der Waals surface area contributed by atoms with Gasteiger partial charge in [-0.15, -0.1) is 0 Å². The molecule has 0 radical (unpaired) electrons. The lowest BCUT2D eigenvalue weighted by Gasteiger charge is -2.30. The maximum atomic E-state index is 10.4. The highest BCUT2D eigenvalue weighted by Gasteiger charge is 2.30. The summed E-state index contributed by atoms with van der Waals surface area (Å²) in [5.74, 6) is -0.605. The fourth-order valence-electron chi connectivity index (χ4n) is 0.812. The van der Waals surface area contributed by atoms with E-state index in [-0.39, 0.29) is 12.3 Å². The summed E-state index contributed by atoms with van der Waals surface area (Å²) in [5.41, 5.74) is -0.536. The van der Waals surface area contributed by atoms with Crippen LogP contribution in [0.2, 0.25) is 0 Å². The Kier molecular flexibility index (Phi) is 3.52. The van der Waals surface area contributed by atoms with E-state index in [1.807, 2.05) is 20.8 Å². The SMILES string of the molecule is COC(C)(CC(=O)O)C(C)C. The molecule has 66 valence electrons. The van der Waals surface area contributed by atoms with Crippen molar-refractivity contribution in [1.82, 2.24) is 0 Å². The first-order valence-corrected chi connectivity index (χ1v) is 3.69. The number of carboxylic acid groups (broad SMARTS) is 1. The van der Waals surface area contributed by atoms with Crippen LogP contribution in [-0.2, 0) is 9.53 Å². The Bertz CT molecular complexity index is 142. The topological polar surface area (TPSA) is 46.5 Å². The first kappa shape index (κ1) is 10.4. The van der Waals surface area contributed by atoms with E-state index in [4.69, 9.17) is 9.84 Å². The first-order chi connectivity index (χ1) is 4.92. The van der Waals surface area contributed by atoms with E-state index < -0.39 is 11.6 Å². The molecule has 1 N–H and O–H groups in total. The zero-order valence-corrected chi connectivity index (χ0v) is 7.55. The van der Waals surface area contributed by atoms with E-state index in [9.17, 15) is 4.79 Å². The van der Waals surface area contributed by atoms with Crippen LogP contribution >= 0.6 is 0 Å². The number of hydrogen-bond acceptors (Lipinski definition) is 2. The van der Waals surface area contributed by atoms with Gasteiger partial charge in [-0.25, -0.2) is 0 Å². The Morgan fingerprint density at radius 3 is 2.18 bits per heavy atom. The molecule has 0 bridgehead atoms. The van der Waals surface area contributed by atoms with Crippen LogP contribution < -0.4 is 0 Å². The van der Waals surface area contributed by atoms with Gasteiger partial charge in [0.25, 0.3) is 0 Å². The summed E-state index contributed by atoms with van der Waals surface area (Å²) in [6.45, 7) is 5.71. The summed E-state index contributed by atoms with van der Waals surface area (Å²) in [7, 11) is 1.54. The molecule has 0 aliphatic heterocycles. The van der Waals surface area contributed by atoms with Crippen LogP contribution in [0.1, 0.15) is 27.2 Å². The van der Waals surface area contributed by atoms with Gasteiger partial charge in [-0.3, -0.25) is 4.79 Å². The van der Waals surface area contributed by atoms with Gasteiger partial charge in [0.05, 0.1) is 12.0 Å². The molecule has 0 aromatic carbocycles. The summed E-state index contributed by atoms with van der Waals surface area (Å²) in [6.07, 6.45) is 0.0567. The van der Waals surface area contributed by atoms with Crippen molar-refractivity contribution in [2.75, 3.05) is 7.11 Å². The van der Waals surface area contributed by atoms with Crippen LogP contribution in [0.15, 0.2) is 0 Å². The average molecular weight is 160 g/mol. The molecule has 0 heterocycles. The highest BCUT2D eigenvalue weighted by Crippen LogP contribution is 2.24. The van der Waals surface area contributed by atoms with Gasteiger partial charge in [0.1, 0.15) is 0 Å². The van der Waals surface area contributed by atoms with Crippen LogP contribution in [0.5, 0.6) is 0 Å². The minimum absolute atomic E-state index is 0.0567. The van der Waals surface area contributed by atoms with Crippen LogP contribution in [0.4, 0.5) is 0 Å². The number of aliphatic carboxylic acids is 1. The Hall–Kier alpha value is -0.570. The molecular formula is C8H16O3. The molecule has 0 amide bonds. The van der Waals surface area contributed by atoms with Gasteiger partial charge in [0, 0.05) is 7.11 Å². The molecule has 1 unspecified atom stereocenters. The van der Waals surface area contributed by atoms with Gasteiger partial charge in [-0.05, 0) is 12.8 Å². The third-order valence-corrected chi connectivity index (χ3v) is 2.19. The number of ether oxygens (including phenoxy) is 1. The number of hydrogen-bond donors (Lipinski definition) is 1. The van der Waals surface area contributed by atoms with Crippen LogP contribution in [0, 0.1) is 5.92 Å². The zero-order chi connectivity index (χ0) is 9.07. The van der Waals surface area contributed by atoms with E-state index in [0.29, 0.717) is 0 Å². The van der Waals surface area contributed by atoms with Crippen molar-refractivity contribution in [3.63, 3.8) is 0 Å². The lowest BCUT2D eigenvalue weighted by molar-refractivity contribution is -0.145. The lowest BCUT2D eigenvalue weighted by atomic mass is 9.89. The summed E-state index contributed by atoms with van der Waals surface area (Å²) in [6, 6.07) is 0. The highest BCUT2D eigenvalue weighted by molar-refractivity contribution is 5.68. The van der Waals surface area contributed by atoms with E-state index >= 15 is 0 Å². The second-order valence-electron chi connectivity index (χ2n) is 3.24. The molecule has 0 fully saturated rings. The van der Waals surface area contributed by atoms with Crippen LogP contribution in [0.25, 0.3) is 0 Å². The van der Waals surface area contributed by atoms with Crippen molar-refractivity contribution in [3.8, 4) is 0 Å². The van der Waals surface area contributed by atoms with Crippen molar-refractivity contribution in [2.45, 2.75) is 32.8 Å².